The smallest absolute Gasteiger partial charge is 0.0984 e. The molecule has 51 heavy (non-hydrogen) atoms. The van der Waals surface area contributed by atoms with Gasteiger partial charge in [-0.15, -0.1) is 22.7 Å². The van der Waals surface area contributed by atoms with Crippen LogP contribution in [0.15, 0.2) is 84.9 Å². The topological polar surface area (TPSA) is 25.8 Å². The average Bonchev–Trinajstić information content (AvgIpc) is 3.84. The number of rotatable bonds is 15. The molecule has 4 heteroatoms. The molecule has 1 aliphatic carbocycles. The summed E-state index contributed by atoms with van der Waals surface area (Å²) in [4.78, 5) is 16.8. The number of fused-ring (bicyclic) bond motifs is 4. The molecular formula is C47H54N2S2. The number of nitrogens with zero attached hydrogens (tertiary/aromatic N) is 2. The predicted molar refractivity (Wildman–Crippen MR) is 223 cm³/mol. The first kappa shape index (κ1) is 35.8. The van der Waals surface area contributed by atoms with E-state index in [1.807, 2.05) is 22.7 Å². The number of aromatic nitrogens is 2. The Morgan fingerprint density at radius 1 is 0.608 bits per heavy atom. The molecule has 1 aliphatic rings. The SMILES string of the molecule is CCCCC(CC)CC1(CC(CC)CCCC)c2cc(C)sc2-c2sc(-c3ccc(C)c4nc(-c5ccccc5)c(-c5ccccc5)nc34)cc21. The largest absolute Gasteiger partial charge is 0.244 e. The molecule has 264 valence electrons. The first-order valence-electron chi connectivity index (χ1n) is 19.6. The molecule has 6 aromatic rings. The van der Waals surface area contributed by atoms with E-state index in [0.29, 0.717) is 0 Å². The summed E-state index contributed by atoms with van der Waals surface area (Å²) in [6.45, 7) is 14.1. The van der Waals surface area contributed by atoms with Gasteiger partial charge in [0.1, 0.15) is 0 Å². The average molecular weight is 711 g/mol. The van der Waals surface area contributed by atoms with Crippen molar-refractivity contribution in [3.05, 3.63) is 106 Å². The summed E-state index contributed by atoms with van der Waals surface area (Å²) in [5.74, 6) is 1.46. The van der Waals surface area contributed by atoms with Crippen molar-refractivity contribution < 1.29 is 0 Å². The molecule has 0 saturated carbocycles. The van der Waals surface area contributed by atoms with Crippen LogP contribution >= 0.6 is 22.7 Å². The Morgan fingerprint density at radius 3 is 1.69 bits per heavy atom. The zero-order valence-electron chi connectivity index (χ0n) is 31.5. The van der Waals surface area contributed by atoms with Crippen LogP contribution in [0.2, 0.25) is 0 Å². The third-order valence-electron chi connectivity index (χ3n) is 11.6. The van der Waals surface area contributed by atoms with E-state index in [0.717, 1.165) is 50.9 Å². The van der Waals surface area contributed by atoms with Crippen LogP contribution in [-0.4, -0.2) is 9.97 Å². The molecule has 3 aromatic carbocycles. The minimum Gasteiger partial charge on any atom is -0.244 e. The Kier molecular flexibility index (Phi) is 10.9. The van der Waals surface area contributed by atoms with Crippen LogP contribution in [-0.2, 0) is 5.41 Å². The lowest BCUT2D eigenvalue weighted by Gasteiger charge is -2.37. The standard InChI is InChI=1S/C47H54N2S2/c1-7-11-19-33(9-3)29-47(30-34(10-4)20-12-8-2)38-27-32(6)50-45(38)46-39(47)28-40(51-46)37-26-25-31(5)41-44(37)49-43(36-23-17-14-18-24-36)42(48-41)35-21-15-13-16-22-35/h13-18,21-28,33-34H,7-12,19-20,29-30H2,1-6H3. The Balaban J connectivity index is 1.43. The summed E-state index contributed by atoms with van der Waals surface area (Å²) >= 11 is 4.03. The zero-order valence-corrected chi connectivity index (χ0v) is 33.2. The molecule has 7 rings (SSSR count). The van der Waals surface area contributed by atoms with Gasteiger partial charge in [-0.1, -0.05) is 152 Å². The van der Waals surface area contributed by atoms with Crippen LogP contribution in [0.4, 0.5) is 0 Å². The van der Waals surface area contributed by atoms with E-state index in [2.05, 4.69) is 126 Å². The first-order chi connectivity index (χ1) is 24.9. The molecule has 0 amide bonds. The van der Waals surface area contributed by atoms with Gasteiger partial charge in [0.15, 0.2) is 0 Å². The summed E-state index contributed by atoms with van der Waals surface area (Å²) < 4.78 is 0. The maximum absolute atomic E-state index is 5.56. The fourth-order valence-corrected chi connectivity index (χ4v) is 11.2. The van der Waals surface area contributed by atoms with Crippen molar-refractivity contribution >= 4 is 33.7 Å². The van der Waals surface area contributed by atoms with Crippen LogP contribution in [0.5, 0.6) is 0 Å². The highest BCUT2D eigenvalue weighted by Crippen LogP contribution is 2.62. The quantitative estimate of drug-likeness (QED) is 0.106. The lowest BCUT2D eigenvalue weighted by Crippen LogP contribution is -2.31. The van der Waals surface area contributed by atoms with Gasteiger partial charge in [0.05, 0.1) is 22.4 Å². The first-order valence-corrected chi connectivity index (χ1v) is 21.2. The van der Waals surface area contributed by atoms with Crippen LogP contribution < -0.4 is 0 Å². The van der Waals surface area contributed by atoms with E-state index < -0.39 is 0 Å². The van der Waals surface area contributed by atoms with Gasteiger partial charge in [0, 0.05) is 41.6 Å². The van der Waals surface area contributed by atoms with E-state index >= 15 is 0 Å². The molecule has 3 aromatic heterocycles. The van der Waals surface area contributed by atoms with Gasteiger partial charge < -0.3 is 0 Å². The fraction of sp³-hybridized carbons (Fsp3) is 0.404. The molecule has 0 aliphatic heterocycles. The highest BCUT2D eigenvalue weighted by molar-refractivity contribution is 7.24. The highest BCUT2D eigenvalue weighted by Gasteiger charge is 2.47. The van der Waals surface area contributed by atoms with Crippen molar-refractivity contribution in [1.29, 1.82) is 0 Å². The summed E-state index contributed by atoms with van der Waals surface area (Å²) in [7, 11) is 0. The molecule has 0 saturated heterocycles. The molecule has 0 N–H and O–H groups in total. The normalized spacial score (nSPS) is 16.4. The molecule has 2 atom stereocenters. The van der Waals surface area contributed by atoms with Crippen molar-refractivity contribution in [3.8, 4) is 42.7 Å². The lowest BCUT2D eigenvalue weighted by atomic mass is 9.65. The molecule has 0 fully saturated rings. The molecule has 2 nitrogen and oxygen atoms in total. The van der Waals surface area contributed by atoms with Crippen molar-refractivity contribution in [2.45, 2.75) is 111 Å². The monoisotopic (exact) mass is 710 g/mol. The maximum Gasteiger partial charge on any atom is 0.0984 e. The summed E-state index contributed by atoms with van der Waals surface area (Å²) in [6, 6.07) is 30.9. The van der Waals surface area contributed by atoms with E-state index in [1.165, 1.54) is 89.3 Å². The molecular weight excluding hydrogens is 657 g/mol. The Bertz CT molecular complexity index is 2070. The van der Waals surface area contributed by atoms with E-state index in [9.17, 15) is 0 Å². The number of benzene rings is 3. The second kappa shape index (κ2) is 15.6. The fourth-order valence-electron chi connectivity index (χ4n) is 8.68. The van der Waals surface area contributed by atoms with Gasteiger partial charge in [-0.25, -0.2) is 9.97 Å². The number of thiophene rings is 2. The van der Waals surface area contributed by atoms with Gasteiger partial charge in [0.25, 0.3) is 0 Å². The minimum absolute atomic E-state index is 0.0644. The van der Waals surface area contributed by atoms with Crippen molar-refractivity contribution in [1.82, 2.24) is 9.97 Å². The number of hydrogen-bond donors (Lipinski definition) is 0. The lowest BCUT2D eigenvalue weighted by molar-refractivity contribution is 0.266. The second-order valence-corrected chi connectivity index (χ2v) is 17.4. The minimum atomic E-state index is 0.0644. The highest BCUT2D eigenvalue weighted by atomic mass is 32.1. The van der Waals surface area contributed by atoms with Crippen LogP contribution in [0, 0.1) is 25.7 Å². The summed E-state index contributed by atoms with van der Waals surface area (Å²) in [6.07, 6.45) is 12.9. The summed E-state index contributed by atoms with van der Waals surface area (Å²) in [5.41, 5.74) is 11.7. The Hall–Kier alpha value is -3.60. The van der Waals surface area contributed by atoms with Gasteiger partial charge in [-0.05, 0) is 67.3 Å². The second-order valence-electron chi connectivity index (χ2n) is 15.1. The van der Waals surface area contributed by atoms with Crippen LogP contribution in [0.1, 0.15) is 113 Å². The summed E-state index contributed by atoms with van der Waals surface area (Å²) in [5, 5.41) is 0. The van der Waals surface area contributed by atoms with Gasteiger partial charge >= 0.3 is 0 Å². The van der Waals surface area contributed by atoms with E-state index in [-0.39, 0.29) is 5.41 Å². The van der Waals surface area contributed by atoms with Gasteiger partial charge in [-0.2, -0.15) is 0 Å². The third-order valence-corrected chi connectivity index (χ3v) is 14.0. The van der Waals surface area contributed by atoms with Crippen molar-refractivity contribution in [3.63, 3.8) is 0 Å². The molecule has 3 heterocycles. The van der Waals surface area contributed by atoms with Crippen LogP contribution in [0.3, 0.4) is 0 Å². The van der Waals surface area contributed by atoms with Crippen molar-refractivity contribution in [2.24, 2.45) is 11.8 Å². The Labute approximate surface area is 314 Å². The molecule has 0 radical (unpaired) electrons. The third kappa shape index (κ3) is 6.87. The van der Waals surface area contributed by atoms with Gasteiger partial charge in [-0.3, -0.25) is 0 Å². The molecule has 0 spiro atoms. The van der Waals surface area contributed by atoms with E-state index in [1.54, 1.807) is 11.1 Å². The Morgan fingerprint density at radius 2 is 1.14 bits per heavy atom. The van der Waals surface area contributed by atoms with Gasteiger partial charge in [0.2, 0.25) is 0 Å². The number of aryl methyl sites for hydroxylation is 2. The zero-order chi connectivity index (χ0) is 35.5. The molecule has 2 unspecified atom stereocenters. The number of unbranched alkanes of at least 4 members (excludes halogenated alkanes) is 2. The maximum atomic E-state index is 5.56. The predicted octanol–water partition coefficient (Wildman–Crippen LogP) is 14.9. The van der Waals surface area contributed by atoms with E-state index in [4.69, 9.17) is 9.97 Å². The van der Waals surface area contributed by atoms with Crippen LogP contribution in [0.25, 0.3) is 53.7 Å². The van der Waals surface area contributed by atoms with Crippen molar-refractivity contribution in [2.75, 3.05) is 0 Å². The number of hydrogen-bond acceptors (Lipinski definition) is 4. The molecule has 0 bridgehead atoms.